The van der Waals surface area contributed by atoms with Crippen molar-refractivity contribution in [2.24, 2.45) is 0 Å². The third kappa shape index (κ3) is 7.02. The Labute approximate surface area is 258 Å². The van der Waals surface area contributed by atoms with Crippen LogP contribution in [-0.2, 0) is 27.0 Å². The van der Waals surface area contributed by atoms with E-state index >= 15 is 0 Å². The molecule has 0 N–H and O–H groups in total. The molecule has 11 heteroatoms. The number of alkyl halides is 3. The van der Waals surface area contributed by atoms with Gasteiger partial charge in [-0.1, -0.05) is 30.3 Å². The van der Waals surface area contributed by atoms with Gasteiger partial charge in [-0.05, 0) is 67.4 Å². The van der Waals surface area contributed by atoms with Crippen LogP contribution >= 0.6 is 0 Å². The summed E-state index contributed by atoms with van der Waals surface area (Å²) in [5, 5.41) is 0. The molecule has 2 aliphatic heterocycles. The summed E-state index contributed by atoms with van der Waals surface area (Å²) in [5.41, 5.74) is 2.01. The van der Waals surface area contributed by atoms with Gasteiger partial charge < -0.3 is 19.4 Å². The fourth-order valence-electron chi connectivity index (χ4n) is 5.90. The van der Waals surface area contributed by atoms with Crippen molar-refractivity contribution in [1.82, 2.24) is 9.80 Å². The minimum atomic E-state index is -4.44. The van der Waals surface area contributed by atoms with Gasteiger partial charge >= 0.3 is 12.1 Å². The largest absolute Gasteiger partial charge is 0.463 e. The van der Waals surface area contributed by atoms with Crippen LogP contribution in [0.25, 0.3) is 0 Å². The summed E-state index contributed by atoms with van der Waals surface area (Å²) in [6, 6.07) is 17.9. The van der Waals surface area contributed by atoms with Crippen LogP contribution in [0.1, 0.15) is 53.2 Å². The second kappa shape index (κ2) is 13.1. The van der Waals surface area contributed by atoms with Crippen molar-refractivity contribution in [2.45, 2.75) is 38.9 Å². The number of allylic oxidation sites excluding steroid dienone is 1. The molecule has 3 aromatic carbocycles. The molecule has 0 bridgehead atoms. The van der Waals surface area contributed by atoms with E-state index in [0.29, 0.717) is 54.3 Å². The fraction of sp³-hybridized carbons (Fsp3) is 0.324. The van der Waals surface area contributed by atoms with Crippen molar-refractivity contribution in [3.05, 3.63) is 112 Å². The lowest BCUT2D eigenvalue weighted by Crippen LogP contribution is -2.48. The quantitative estimate of drug-likeness (QED) is 0.233. The number of hydrogen-bond donors (Lipinski definition) is 0. The summed E-state index contributed by atoms with van der Waals surface area (Å²) in [6.07, 6.45) is -4.49. The van der Waals surface area contributed by atoms with Crippen molar-refractivity contribution in [3.63, 3.8) is 0 Å². The Kier molecular flexibility index (Phi) is 9.27. The molecule has 0 aromatic heterocycles. The first kappa shape index (κ1) is 31.7. The molecule has 3 aromatic rings. The number of benzene rings is 3. The topological polar surface area (TPSA) is 70.2 Å². The average molecular weight is 624 g/mol. The Morgan fingerprint density at radius 1 is 0.933 bits per heavy atom. The molecule has 1 unspecified atom stereocenters. The number of amides is 2. The lowest BCUT2D eigenvalue weighted by Gasteiger charge is -2.36. The number of rotatable bonds is 7. The number of nitrogens with zero attached hydrogens (tertiary/aromatic N) is 3. The van der Waals surface area contributed by atoms with E-state index in [1.165, 1.54) is 29.2 Å². The fourth-order valence-corrected chi connectivity index (χ4v) is 5.90. The van der Waals surface area contributed by atoms with Crippen LogP contribution in [0.3, 0.4) is 0 Å². The highest BCUT2D eigenvalue weighted by molar-refractivity contribution is 5.96. The zero-order valence-electron chi connectivity index (χ0n) is 24.9. The maximum Gasteiger partial charge on any atom is 0.416 e. The highest BCUT2D eigenvalue weighted by Gasteiger charge is 2.37. The Hall–Kier alpha value is -4.67. The van der Waals surface area contributed by atoms with Crippen molar-refractivity contribution >= 4 is 23.5 Å². The maximum absolute atomic E-state index is 14.0. The summed E-state index contributed by atoms with van der Waals surface area (Å²) in [7, 11) is 0. The maximum atomic E-state index is 14.0. The van der Waals surface area contributed by atoms with Crippen LogP contribution in [0.5, 0.6) is 0 Å². The molecule has 0 radical (unpaired) electrons. The number of anilines is 1. The summed E-state index contributed by atoms with van der Waals surface area (Å²) in [5.74, 6) is -2.18. The number of piperazine rings is 1. The molecular formula is C34H33F4N3O4. The van der Waals surface area contributed by atoms with Crippen molar-refractivity contribution in [2.75, 3.05) is 37.7 Å². The second-order valence-electron chi connectivity index (χ2n) is 11.0. The molecule has 1 saturated heterocycles. The molecule has 236 valence electrons. The summed E-state index contributed by atoms with van der Waals surface area (Å²) in [4.78, 5) is 44.8. The number of carbonyl (C=O) groups excluding carboxylic acids is 3. The molecule has 7 nitrogen and oxygen atoms in total. The average Bonchev–Trinajstić information content (AvgIpc) is 3.02. The van der Waals surface area contributed by atoms with Crippen molar-refractivity contribution < 1.29 is 36.7 Å². The number of carbonyl (C=O) groups is 3. The molecule has 2 heterocycles. The monoisotopic (exact) mass is 623 g/mol. The third-order valence-electron chi connectivity index (χ3n) is 8.19. The Balaban J connectivity index is 1.31. The van der Waals surface area contributed by atoms with E-state index in [2.05, 4.69) is 0 Å². The predicted molar refractivity (Wildman–Crippen MR) is 160 cm³/mol. The number of ether oxygens (including phenoxy) is 1. The Bertz CT molecular complexity index is 1630. The summed E-state index contributed by atoms with van der Waals surface area (Å²) in [6.45, 7) is 5.00. The molecule has 0 aliphatic carbocycles. The first-order valence-electron chi connectivity index (χ1n) is 14.7. The smallest absolute Gasteiger partial charge is 0.416 e. The molecule has 45 heavy (non-hydrogen) atoms. The van der Waals surface area contributed by atoms with Crippen LogP contribution in [-0.4, -0.2) is 60.4 Å². The van der Waals surface area contributed by atoms with Gasteiger partial charge in [-0.3, -0.25) is 9.59 Å². The first-order valence-corrected chi connectivity index (χ1v) is 14.7. The van der Waals surface area contributed by atoms with Crippen molar-refractivity contribution in [3.8, 4) is 0 Å². The molecule has 1 fully saturated rings. The Morgan fingerprint density at radius 2 is 1.64 bits per heavy atom. The molecule has 2 aliphatic rings. The molecule has 0 spiro atoms. The summed E-state index contributed by atoms with van der Waals surface area (Å²) >= 11 is 0. The number of halogens is 4. The molecule has 2 amide bonds. The number of hydrogen-bond acceptors (Lipinski definition) is 5. The lowest BCUT2D eigenvalue weighted by atomic mass is 9.83. The van der Waals surface area contributed by atoms with Gasteiger partial charge in [0.15, 0.2) is 0 Å². The molecule has 5 rings (SSSR count). The van der Waals surface area contributed by atoms with Crippen LogP contribution in [0.15, 0.2) is 84.1 Å². The van der Waals surface area contributed by atoms with E-state index in [9.17, 15) is 31.9 Å². The van der Waals surface area contributed by atoms with E-state index in [1.54, 1.807) is 55.1 Å². The van der Waals surface area contributed by atoms with E-state index in [1.807, 2.05) is 4.90 Å². The predicted octanol–water partition coefficient (Wildman–Crippen LogP) is 6.16. The third-order valence-corrected chi connectivity index (χ3v) is 8.19. The molecule has 0 saturated carbocycles. The van der Waals surface area contributed by atoms with Gasteiger partial charge in [0.1, 0.15) is 5.82 Å². The van der Waals surface area contributed by atoms with E-state index in [4.69, 9.17) is 4.74 Å². The van der Waals surface area contributed by atoms with Gasteiger partial charge in [-0.25, -0.2) is 9.18 Å². The Morgan fingerprint density at radius 3 is 2.33 bits per heavy atom. The van der Waals surface area contributed by atoms with Crippen LogP contribution in [0, 0.1) is 5.82 Å². The minimum absolute atomic E-state index is 0.0519. The van der Waals surface area contributed by atoms with Crippen LogP contribution < -0.4 is 4.90 Å². The normalized spacial score (nSPS) is 17.5. The molecule has 1 atom stereocenters. The zero-order chi connectivity index (χ0) is 32.3. The highest BCUT2D eigenvalue weighted by atomic mass is 19.4. The minimum Gasteiger partial charge on any atom is -0.463 e. The van der Waals surface area contributed by atoms with Crippen LogP contribution in [0.2, 0.25) is 0 Å². The lowest BCUT2D eigenvalue weighted by molar-refractivity contribution is -0.140. The van der Waals surface area contributed by atoms with Gasteiger partial charge in [0, 0.05) is 55.5 Å². The zero-order valence-corrected chi connectivity index (χ0v) is 24.9. The van der Waals surface area contributed by atoms with E-state index in [-0.39, 0.29) is 37.0 Å². The summed E-state index contributed by atoms with van der Waals surface area (Å²) < 4.78 is 58.9. The second-order valence-corrected chi connectivity index (χ2v) is 11.0. The van der Waals surface area contributed by atoms with Gasteiger partial charge in [0.05, 0.1) is 24.3 Å². The van der Waals surface area contributed by atoms with E-state index < -0.39 is 29.4 Å². The van der Waals surface area contributed by atoms with E-state index in [0.717, 1.165) is 12.1 Å². The van der Waals surface area contributed by atoms with Crippen LogP contribution in [0.4, 0.5) is 23.2 Å². The van der Waals surface area contributed by atoms with Gasteiger partial charge in [-0.2, -0.15) is 13.2 Å². The standard InChI is InChI=1S/C34H33F4N3O4/c1-3-45-33(44)31-22(2)41(30(42)20-29(31)24-8-5-11-27(35)18-24)21-23-7-4-9-25(17-23)32(43)40-15-13-39(14-16-40)28-12-6-10-26(19-28)34(36,37)38/h4-12,17-19,29H,3,13-16,20-21H2,1-2H3. The first-order chi connectivity index (χ1) is 21.5. The number of esters is 1. The van der Waals surface area contributed by atoms with Gasteiger partial charge in [-0.15, -0.1) is 0 Å². The van der Waals surface area contributed by atoms with Crippen molar-refractivity contribution in [1.29, 1.82) is 0 Å². The van der Waals surface area contributed by atoms with Gasteiger partial charge in [0.25, 0.3) is 5.91 Å². The van der Waals surface area contributed by atoms with Gasteiger partial charge in [0.2, 0.25) is 5.91 Å². The molecular weight excluding hydrogens is 590 g/mol. The highest BCUT2D eigenvalue weighted by Crippen LogP contribution is 2.38. The SMILES string of the molecule is CCOC(=O)C1=C(C)N(Cc2cccc(C(=O)N3CCN(c4cccc(C(F)(F)F)c4)CC3)c2)C(=O)CC1c1cccc(F)c1.